The second-order valence-electron chi connectivity index (χ2n) is 6.46. The first-order chi connectivity index (χ1) is 11.1. The van der Waals surface area contributed by atoms with Crippen molar-refractivity contribution in [3.8, 4) is 0 Å². The third-order valence-corrected chi connectivity index (χ3v) is 10.4. The normalized spacial score (nSPS) is 22.3. The monoisotopic (exact) mass is 350 g/mol. The summed E-state index contributed by atoms with van der Waals surface area (Å²) < 4.78 is 7.87. The molecular formula is C18H27N2OPS. The minimum atomic E-state index is -1.88. The Balaban J connectivity index is 2.08. The standard InChI is InChI=1S/C18H27N2OPS/c1-19(2)22(23,16-8-4-3-5-9-16)18-11-7-6-10-17(18)20-12-14-21-15-13-20/h3-5,8-9H,6-7,10-15H2,1-2H3/t22-/m1/s1. The van der Waals surface area contributed by atoms with Gasteiger partial charge >= 0.3 is 0 Å². The van der Waals surface area contributed by atoms with Crippen molar-refractivity contribution in [3.63, 3.8) is 0 Å². The minimum Gasteiger partial charge on any atom is -0.378 e. The zero-order valence-electron chi connectivity index (χ0n) is 14.2. The lowest BCUT2D eigenvalue weighted by molar-refractivity contribution is 0.0510. The molecule has 1 aliphatic carbocycles. The molecule has 0 radical (unpaired) electrons. The lowest BCUT2D eigenvalue weighted by Crippen LogP contribution is -2.37. The number of rotatable bonds is 4. The van der Waals surface area contributed by atoms with E-state index in [0.717, 1.165) is 32.7 Å². The van der Waals surface area contributed by atoms with Gasteiger partial charge in [0, 0.05) is 24.1 Å². The van der Waals surface area contributed by atoms with Crippen LogP contribution in [0.5, 0.6) is 0 Å². The molecule has 2 aliphatic rings. The molecule has 0 unspecified atom stereocenters. The molecule has 0 bridgehead atoms. The van der Waals surface area contributed by atoms with Crippen molar-refractivity contribution in [2.24, 2.45) is 0 Å². The van der Waals surface area contributed by atoms with E-state index in [1.165, 1.54) is 35.6 Å². The summed E-state index contributed by atoms with van der Waals surface area (Å²) in [7, 11) is 4.32. The maximum atomic E-state index is 6.38. The van der Waals surface area contributed by atoms with Crippen LogP contribution >= 0.6 is 6.19 Å². The molecule has 0 saturated carbocycles. The first-order valence-electron chi connectivity index (χ1n) is 8.53. The van der Waals surface area contributed by atoms with Crippen molar-refractivity contribution >= 4 is 23.3 Å². The van der Waals surface area contributed by atoms with E-state index in [-0.39, 0.29) is 0 Å². The quantitative estimate of drug-likeness (QED) is 0.773. The average Bonchev–Trinajstić information content (AvgIpc) is 2.62. The Labute approximate surface area is 145 Å². The van der Waals surface area contributed by atoms with E-state index < -0.39 is 6.19 Å². The Hall–Kier alpha value is -0.670. The number of nitrogens with zero attached hydrogens (tertiary/aromatic N) is 2. The van der Waals surface area contributed by atoms with Crippen LogP contribution in [0.3, 0.4) is 0 Å². The zero-order valence-corrected chi connectivity index (χ0v) is 15.9. The maximum absolute atomic E-state index is 6.38. The van der Waals surface area contributed by atoms with E-state index >= 15 is 0 Å². The fourth-order valence-corrected chi connectivity index (χ4v) is 7.48. The summed E-state index contributed by atoms with van der Waals surface area (Å²) in [5.41, 5.74) is 1.53. The van der Waals surface area contributed by atoms with Gasteiger partial charge in [-0.15, -0.1) is 0 Å². The molecule has 1 atom stereocenters. The fourth-order valence-electron chi connectivity index (χ4n) is 3.63. The molecule has 0 amide bonds. The molecule has 1 aromatic carbocycles. The Kier molecular flexibility index (Phi) is 5.58. The highest BCUT2D eigenvalue weighted by atomic mass is 32.4. The highest BCUT2D eigenvalue weighted by molar-refractivity contribution is 8.19. The van der Waals surface area contributed by atoms with Crippen molar-refractivity contribution < 1.29 is 4.74 Å². The Morgan fingerprint density at radius 1 is 1.04 bits per heavy atom. The predicted octanol–water partition coefficient (Wildman–Crippen LogP) is 3.39. The van der Waals surface area contributed by atoms with Gasteiger partial charge in [-0.1, -0.05) is 42.1 Å². The van der Waals surface area contributed by atoms with E-state index in [2.05, 4.69) is 54.0 Å². The van der Waals surface area contributed by atoms with E-state index in [4.69, 9.17) is 16.5 Å². The molecule has 5 heteroatoms. The van der Waals surface area contributed by atoms with Gasteiger partial charge < -0.3 is 9.64 Å². The Bertz CT molecular complexity index is 609. The van der Waals surface area contributed by atoms with Crippen LogP contribution in [0.2, 0.25) is 0 Å². The number of morpholine rings is 1. The molecule has 23 heavy (non-hydrogen) atoms. The fraction of sp³-hybridized carbons (Fsp3) is 0.556. The zero-order chi connectivity index (χ0) is 16.3. The second-order valence-corrected chi connectivity index (χ2v) is 11.1. The van der Waals surface area contributed by atoms with Gasteiger partial charge in [-0.05, 0) is 45.1 Å². The Morgan fingerprint density at radius 3 is 2.35 bits per heavy atom. The summed E-state index contributed by atoms with van der Waals surface area (Å²) in [6.07, 6.45) is 3.00. The molecule has 0 aromatic heterocycles. The Morgan fingerprint density at radius 2 is 1.70 bits per heavy atom. The summed E-state index contributed by atoms with van der Waals surface area (Å²) in [5, 5.41) is 2.86. The molecule has 1 saturated heterocycles. The van der Waals surface area contributed by atoms with E-state index in [9.17, 15) is 0 Å². The number of ether oxygens (including phenoxy) is 1. The van der Waals surface area contributed by atoms with Gasteiger partial charge in [0.25, 0.3) is 0 Å². The van der Waals surface area contributed by atoms with Gasteiger partial charge in [0.1, 0.15) is 0 Å². The number of allylic oxidation sites excluding steroid dienone is 2. The third-order valence-electron chi connectivity index (χ3n) is 4.84. The van der Waals surface area contributed by atoms with Crippen LogP contribution in [0.25, 0.3) is 0 Å². The van der Waals surface area contributed by atoms with Crippen LogP contribution in [-0.4, -0.2) is 50.0 Å². The van der Waals surface area contributed by atoms with Crippen LogP contribution in [0.1, 0.15) is 25.7 Å². The molecular weight excluding hydrogens is 323 g/mol. The second kappa shape index (κ2) is 7.48. The van der Waals surface area contributed by atoms with Gasteiger partial charge in [0.15, 0.2) is 0 Å². The topological polar surface area (TPSA) is 15.7 Å². The van der Waals surface area contributed by atoms with Gasteiger partial charge in [-0.2, -0.15) is 0 Å². The smallest absolute Gasteiger partial charge is 0.0682 e. The van der Waals surface area contributed by atoms with Crippen molar-refractivity contribution in [2.75, 3.05) is 40.4 Å². The molecule has 1 aromatic rings. The molecule has 3 rings (SSSR count). The molecule has 0 N–H and O–H groups in total. The summed E-state index contributed by atoms with van der Waals surface area (Å²) in [6, 6.07) is 10.8. The molecule has 1 aliphatic heterocycles. The van der Waals surface area contributed by atoms with Crippen molar-refractivity contribution in [3.05, 3.63) is 41.3 Å². The SMILES string of the molecule is CN(C)[P@](=S)(C1=C(N2CCOCC2)CCCC1)c1ccccc1. The van der Waals surface area contributed by atoms with Crippen LogP contribution in [0.4, 0.5) is 0 Å². The van der Waals surface area contributed by atoms with Crippen LogP contribution in [-0.2, 0) is 16.5 Å². The van der Waals surface area contributed by atoms with Gasteiger partial charge in [-0.25, -0.2) is 0 Å². The number of hydrogen-bond acceptors (Lipinski definition) is 3. The molecule has 1 fully saturated rings. The van der Waals surface area contributed by atoms with Crippen molar-refractivity contribution in [1.29, 1.82) is 0 Å². The minimum absolute atomic E-state index is 0.840. The largest absolute Gasteiger partial charge is 0.378 e. The van der Waals surface area contributed by atoms with Crippen LogP contribution in [0, 0.1) is 0 Å². The summed E-state index contributed by atoms with van der Waals surface area (Å²) in [4.78, 5) is 2.55. The molecule has 126 valence electrons. The van der Waals surface area contributed by atoms with Gasteiger partial charge in [0.2, 0.25) is 0 Å². The molecule has 1 heterocycles. The highest BCUT2D eigenvalue weighted by Gasteiger charge is 2.33. The van der Waals surface area contributed by atoms with Crippen LogP contribution < -0.4 is 5.30 Å². The first kappa shape index (κ1) is 17.2. The van der Waals surface area contributed by atoms with Crippen molar-refractivity contribution in [1.82, 2.24) is 9.57 Å². The molecule has 0 spiro atoms. The van der Waals surface area contributed by atoms with Gasteiger partial charge in [-0.3, -0.25) is 4.67 Å². The van der Waals surface area contributed by atoms with Crippen molar-refractivity contribution in [2.45, 2.75) is 25.7 Å². The lowest BCUT2D eigenvalue weighted by Gasteiger charge is -2.40. The summed E-state index contributed by atoms with van der Waals surface area (Å²) in [6.45, 7) is 3.70. The lowest BCUT2D eigenvalue weighted by atomic mass is 10.0. The van der Waals surface area contributed by atoms with E-state index in [0.29, 0.717) is 0 Å². The number of benzene rings is 1. The van der Waals surface area contributed by atoms with Crippen LogP contribution in [0.15, 0.2) is 41.3 Å². The highest BCUT2D eigenvalue weighted by Crippen LogP contribution is 2.59. The van der Waals surface area contributed by atoms with Gasteiger partial charge in [0.05, 0.1) is 19.4 Å². The summed E-state index contributed by atoms with van der Waals surface area (Å²) >= 11 is 6.38. The predicted molar refractivity (Wildman–Crippen MR) is 102 cm³/mol. The third kappa shape index (κ3) is 3.41. The van der Waals surface area contributed by atoms with E-state index in [1.54, 1.807) is 0 Å². The number of hydrogen-bond donors (Lipinski definition) is 0. The average molecular weight is 350 g/mol. The maximum Gasteiger partial charge on any atom is 0.0682 e. The van der Waals surface area contributed by atoms with E-state index in [1.807, 2.05) is 0 Å². The summed E-state index contributed by atoms with van der Waals surface area (Å²) in [5.74, 6) is 0. The molecule has 3 nitrogen and oxygen atoms in total. The first-order valence-corrected chi connectivity index (χ1v) is 11.3.